The Balaban J connectivity index is 1.49. The molecule has 8 nitrogen and oxygen atoms in total. The molecule has 1 aromatic carbocycles. The Morgan fingerprint density at radius 2 is 1.50 bits per heavy atom. The molecule has 9 heteroatoms. The smallest absolute Gasteiger partial charge is 0.404 e. The summed E-state index contributed by atoms with van der Waals surface area (Å²) in [5.74, 6) is 0.280. The third kappa shape index (κ3) is 16.6. The average molecular weight is 582 g/mol. The third-order valence-electron chi connectivity index (χ3n) is 7.01. The summed E-state index contributed by atoms with van der Waals surface area (Å²) in [7, 11) is -0.810. The fraction of sp³-hybridized carbons (Fsp3) is 0.710. The lowest BCUT2D eigenvalue weighted by Crippen LogP contribution is -2.24. The fourth-order valence-corrected chi connectivity index (χ4v) is 5.43. The molecule has 1 radical (unpaired) electrons. The van der Waals surface area contributed by atoms with Gasteiger partial charge in [0.05, 0.1) is 13.2 Å². The van der Waals surface area contributed by atoms with Crippen molar-refractivity contribution in [2.24, 2.45) is 0 Å². The van der Waals surface area contributed by atoms with E-state index in [4.69, 9.17) is 18.5 Å². The normalized spacial score (nSPS) is 15.5. The number of unbranched alkanes of at least 4 members (excludes halogenated alkanes) is 13. The highest BCUT2D eigenvalue weighted by atomic mass is 31.2. The molecule has 1 aliphatic heterocycles. The van der Waals surface area contributed by atoms with Crippen LogP contribution in [0.4, 0.5) is 0 Å². The van der Waals surface area contributed by atoms with Gasteiger partial charge in [-0.2, -0.15) is 0 Å². The van der Waals surface area contributed by atoms with Crippen LogP contribution in [0, 0.1) is 6.67 Å². The highest BCUT2D eigenvalue weighted by molar-refractivity contribution is 7.47. The summed E-state index contributed by atoms with van der Waals surface area (Å²) in [5, 5.41) is 0. The van der Waals surface area contributed by atoms with Crippen molar-refractivity contribution in [1.82, 2.24) is 9.80 Å². The van der Waals surface area contributed by atoms with Crippen LogP contribution >= 0.6 is 7.82 Å². The minimum atomic E-state index is -4.30. The van der Waals surface area contributed by atoms with Gasteiger partial charge in [0.2, 0.25) is 0 Å². The van der Waals surface area contributed by atoms with Gasteiger partial charge < -0.3 is 23.8 Å². The van der Waals surface area contributed by atoms with Crippen molar-refractivity contribution in [1.29, 1.82) is 0 Å². The highest BCUT2D eigenvalue weighted by Crippen LogP contribution is 2.44. The van der Waals surface area contributed by atoms with Gasteiger partial charge in [-0.15, -0.1) is 0 Å². The Hall–Kier alpha value is -1.57. The van der Waals surface area contributed by atoms with Crippen molar-refractivity contribution in [3.63, 3.8) is 0 Å². The van der Waals surface area contributed by atoms with E-state index >= 15 is 0 Å². The quantitative estimate of drug-likeness (QED) is 0.0918. The van der Waals surface area contributed by atoms with Crippen LogP contribution in [-0.2, 0) is 25.1 Å². The largest absolute Gasteiger partial charge is 0.527 e. The molecular formula is C31H54N2O6P. The molecule has 40 heavy (non-hydrogen) atoms. The zero-order valence-electron chi connectivity index (χ0n) is 25.2. The standard InChI is InChI=1S/C31H54N2O6P/c1-4-5-6-7-8-9-10-11-12-13-14-15-16-17-23-37-26-31(36-3)27-38-40(34,35)39-30-20-18-19-29(24-30)25-33-22-21-32(2)28-33/h18-22,24,28,31H,4-17,23,25-27H2,1-3H3,(H,34,35). The number of rotatable bonds is 25. The van der Waals surface area contributed by atoms with Crippen LogP contribution < -0.4 is 4.52 Å². The van der Waals surface area contributed by atoms with Crippen LogP contribution in [0.25, 0.3) is 0 Å². The van der Waals surface area contributed by atoms with Crippen LogP contribution in [-0.4, -0.2) is 54.8 Å². The zero-order valence-corrected chi connectivity index (χ0v) is 26.1. The SMILES string of the molecule is CCCCCCCCCCCCCCCCOCC(COP(=O)(O)Oc1cccc(CN2[CH]N(C)C=C2)c1)OC. The van der Waals surface area contributed by atoms with E-state index in [1.807, 2.05) is 42.0 Å². The lowest BCUT2D eigenvalue weighted by atomic mass is 10.0. The van der Waals surface area contributed by atoms with Gasteiger partial charge >= 0.3 is 7.82 Å². The molecule has 0 aromatic heterocycles. The molecular weight excluding hydrogens is 527 g/mol. The van der Waals surface area contributed by atoms with Crippen LogP contribution in [0.5, 0.6) is 5.75 Å². The maximum atomic E-state index is 12.5. The first-order valence-corrected chi connectivity index (χ1v) is 16.8. The van der Waals surface area contributed by atoms with Crippen LogP contribution in [0.1, 0.15) is 102 Å². The summed E-state index contributed by atoms with van der Waals surface area (Å²) in [5.41, 5.74) is 0.945. The maximum absolute atomic E-state index is 12.5. The van der Waals surface area contributed by atoms with E-state index in [1.54, 1.807) is 18.2 Å². The lowest BCUT2D eigenvalue weighted by molar-refractivity contribution is -0.0197. The summed E-state index contributed by atoms with van der Waals surface area (Å²) in [4.78, 5) is 14.2. The predicted molar refractivity (Wildman–Crippen MR) is 162 cm³/mol. The number of phosphoric acid groups is 1. The first-order chi connectivity index (χ1) is 19.4. The Morgan fingerprint density at radius 3 is 2.08 bits per heavy atom. The van der Waals surface area contributed by atoms with E-state index in [1.165, 1.54) is 84.2 Å². The summed E-state index contributed by atoms with van der Waals surface area (Å²) in [6, 6.07) is 7.10. The van der Waals surface area contributed by atoms with Crippen molar-refractivity contribution in [2.75, 3.05) is 34.0 Å². The molecule has 2 unspecified atom stereocenters. The molecule has 1 aromatic rings. The predicted octanol–water partition coefficient (Wildman–Crippen LogP) is 8.03. The van der Waals surface area contributed by atoms with E-state index in [2.05, 4.69) is 6.92 Å². The molecule has 2 atom stereocenters. The second-order valence-corrected chi connectivity index (χ2v) is 12.2. The van der Waals surface area contributed by atoms with E-state index < -0.39 is 13.9 Å². The average Bonchev–Trinajstić information content (AvgIpc) is 3.34. The molecule has 0 fully saturated rings. The molecule has 229 valence electrons. The zero-order chi connectivity index (χ0) is 28.9. The van der Waals surface area contributed by atoms with E-state index in [9.17, 15) is 9.46 Å². The molecule has 0 bridgehead atoms. The molecule has 1 heterocycles. The van der Waals surface area contributed by atoms with E-state index in [-0.39, 0.29) is 12.4 Å². The Kier molecular flexibility index (Phi) is 18.3. The second kappa shape index (κ2) is 21.2. The molecule has 0 aliphatic carbocycles. The Morgan fingerprint density at radius 1 is 0.875 bits per heavy atom. The first-order valence-electron chi connectivity index (χ1n) is 15.3. The molecule has 0 amide bonds. The van der Waals surface area contributed by atoms with Crippen molar-refractivity contribution in [3.05, 3.63) is 48.9 Å². The van der Waals surface area contributed by atoms with Gasteiger partial charge in [0.25, 0.3) is 0 Å². The molecule has 1 N–H and O–H groups in total. The Labute approximate surface area is 243 Å². The molecule has 0 saturated heterocycles. The number of phosphoric ester groups is 1. The van der Waals surface area contributed by atoms with Gasteiger partial charge in [-0.25, -0.2) is 4.57 Å². The van der Waals surface area contributed by atoms with Crippen molar-refractivity contribution in [2.45, 2.75) is 109 Å². The topological polar surface area (TPSA) is 80.7 Å². The summed E-state index contributed by atoms with van der Waals surface area (Å²) < 4.78 is 34.1. The molecule has 0 spiro atoms. The molecule has 1 aliphatic rings. The van der Waals surface area contributed by atoms with Gasteiger partial charge in [-0.1, -0.05) is 103 Å². The third-order valence-corrected chi connectivity index (χ3v) is 7.93. The Bertz CT molecular complexity index is 855. The maximum Gasteiger partial charge on any atom is 0.527 e. The highest BCUT2D eigenvalue weighted by Gasteiger charge is 2.25. The van der Waals surface area contributed by atoms with Crippen LogP contribution in [0.15, 0.2) is 36.7 Å². The number of nitrogens with zero attached hydrogens (tertiary/aromatic N) is 2. The summed E-state index contributed by atoms with van der Waals surface area (Å²) >= 11 is 0. The summed E-state index contributed by atoms with van der Waals surface area (Å²) in [6.45, 7) is 5.71. The monoisotopic (exact) mass is 581 g/mol. The number of methoxy groups -OCH3 is 1. The van der Waals surface area contributed by atoms with E-state index in [0.29, 0.717) is 19.8 Å². The van der Waals surface area contributed by atoms with Crippen molar-refractivity contribution in [3.8, 4) is 5.75 Å². The number of ether oxygens (including phenoxy) is 2. The van der Waals surface area contributed by atoms with Gasteiger partial charge in [-0.3, -0.25) is 9.42 Å². The minimum absolute atomic E-state index is 0.0947. The van der Waals surface area contributed by atoms with Gasteiger partial charge in [-0.05, 0) is 24.1 Å². The minimum Gasteiger partial charge on any atom is -0.404 e. The van der Waals surface area contributed by atoms with Gasteiger partial charge in [0, 0.05) is 39.7 Å². The lowest BCUT2D eigenvalue weighted by Gasteiger charge is -2.19. The number of benzene rings is 1. The summed E-state index contributed by atoms with van der Waals surface area (Å²) in [6.07, 6.45) is 22.0. The second-order valence-electron chi connectivity index (χ2n) is 10.8. The van der Waals surface area contributed by atoms with E-state index in [0.717, 1.165) is 18.4 Å². The first kappa shape index (κ1) is 34.6. The van der Waals surface area contributed by atoms with Crippen LogP contribution in [0.3, 0.4) is 0 Å². The molecule has 2 rings (SSSR count). The van der Waals surface area contributed by atoms with Crippen molar-refractivity contribution < 1.29 is 28.0 Å². The van der Waals surface area contributed by atoms with Crippen molar-refractivity contribution >= 4 is 7.82 Å². The molecule has 0 saturated carbocycles. The van der Waals surface area contributed by atoms with Gasteiger partial charge in [0.1, 0.15) is 18.5 Å². The van der Waals surface area contributed by atoms with Crippen LogP contribution in [0.2, 0.25) is 0 Å². The number of hydrogen-bond donors (Lipinski definition) is 1. The fourth-order valence-electron chi connectivity index (χ4n) is 4.64. The van der Waals surface area contributed by atoms with Gasteiger partial charge in [0.15, 0.2) is 0 Å². The number of hydrogen-bond acceptors (Lipinski definition) is 7.